The largest absolute Gasteiger partial charge is 0.407 e. The van der Waals surface area contributed by atoms with Gasteiger partial charge in [-0.25, -0.2) is 4.68 Å². The van der Waals surface area contributed by atoms with E-state index in [2.05, 4.69) is 30.2 Å². The van der Waals surface area contributed by atoms with Crippen molar-refractivity contribution < 1.29 is 19.5 Å². The third-order valence-electron chi connectivity index (χ3n) is 9.76. The summed E-state index contributed by atoms with van der Waals surface area (Å²) < 4.78 is 2.78. The third kappa shape index (κ3) is 9.74. The van der Waals surface area contributed by atoms with Crippen LogP contribution in [0.2, 0.25) is 5.02 Å². The van der Waals surface area contributed by atoms with Gasteiger partial charge in [0.2, 0.25) is 9.68 Å². The number of nitrogens with one attached hydrogen (secondary N) is 2. The van der Waals surface area contributed by atoms with Gasteiger partial charge < -0.3 is 25.2 Å². The Morgan fingerprint density at radius 3 is 2.40 bits per heavy atom. The Kier molecular flexibility index (Phi) is 13.6. The van der Waals surface area contributed by atoms with Gasteiger partial charge in [0.25, 0.3) is 17.7 Å². The van der Waals surface area contributed by atoms with Crippen LogP contribution in [0.4, 0.5) is 5.69 Å². The second-order valence-corrected chi connectivity index (χ2v) is 16.8. The molecule has 13 heteroatoms. The number of hydrogen-bond donors (Lipinski definition) is 3. The molecule has 1 aliphatic rings. The van der Waals surface area contributed by atoms with Crippen molar-refractivity contribution in [2.45, 2.75) is 72.0 Å². The van der Waals surface area contributed by atoms with E-state index in [1.807, 2.05) is 60.4 Å². The van der Waals surface area contributed by atoms with Gasteiger partial charge in [-0.15, -0.1) is 11.3 Å². The maximum absolute atomic E-state index is 14.7. The summed E-state index contributed by atoms with van der Waals surface area (Å²) in [6.45, 7) is 8.09. The van der Waals surface area contributed by atoms with Crippen LogP contribution in [0.25, 0.3) is 5.69 Å². The molecule has 6 rings (SSSR count). The van der Waals surface area contributed by atoms with E-state index >= 15 is 0 Å². The standard InChI is InChI=1S/C42H47ClN6O4SSi/c1-4-6-20-47(21-7-5-2)42(53)37-22-28(3)49(45-37)38-18-16-33(24-36(38)41(52)48-26-31-11-9-8-10-30(31)23-34(48)27-50)46-55-39-19-17-35(54-39)25-44-40(51)29-12-14-32(43)15-13-29/h8-19,22,24,34,46,50H,4-7,20-21,23,25-27H2,1-3H3,(H,44,51)/t34-/m0/s1. The van der Waals surface area contributed by atoms with E-state index in [1.54, 1.807) is 51.3 Å². The molecule has 0 bridgehead atoms. The number of aromatic nitrogens is 2. The summed E-state index contributed by atoms with van der Waals surface area (Å²) in [5.41, 5.74) is 5.56. The molecule has 0 saturated heterocycles. The molecule has 3 aromatic carbocycles. The van der Waals surface area contributed by atoms with Crippen molar-refractivity contribution in [3.8, 4) is 5.69 Å². The van der Waals surface area contributed by atoms with E-state index in [9.17, 15) is 19.5 Å². The molecule has 1 atom stereocenters. The quantitative estimate of drug-likeness (QED) is 0.0948. The van der Waals surface area contributed by atoms with E-state index in [0.29, 0.717) is 60.1 Å². The zero-order chi connectivity index (χ0) is 38.9. The number of nitrogens with zero attached hydrogens (tertiary/aromatic N) is 4. The van der Waals surface area contributed by atoms with E-state index in [4.69, 9.17) is 16.7 Å². The van der Waals surface area contributed by atoms with Crippen molar-refractivity contribution in [3.05, 3.63) is 128 Å². The predicted molar refractivity (Wildman–Crippen MR) is 221 cm³/mol. The molecule has 1 aliphatic heterocycles. The molecule has 286 valence electrons. The van der Waals surface area contributed by atoms with Crippen molar-refractivity contribution in [2.75, 3.05) is 24.7 Å². The lowest BCUT2D eigenvalue weighted by Gasteiger charge is -2.36. The van der Waals surface area contributed by atoms with Crippen LogP contribution in [0.3, 0.4) is 0 Å². The number of thiophene rings is 1. The highest BCUT2D eigenvalue weighted by Gasteiger charge is 2.32. The topological polar surface area (TPSA) is 120 Å². The second kappa shape index (κ2) is 18.7. The average molecular weight is 795 g/mol. The number of rotatable bonds is 16. The maximum Gasteiger partial charge on any atom is 0.274 e. The van der Waals surface area contributed by atoms with E-state index in [-0.39, 0.29) is 40.1 Å². The Balaban J connectivity index is 1.25. The van der Waals surface area contributed by atoms with Crippen molar-refractivity contribution in [1.29, 1.82) is 0 Å². The van der Waals surface area contributed by atoms with Crippen LogP contribution < -0.4 is 14.8 Å². The third-order valence-corrected chi connectivity index (χ3v) is 12.4. The molecule has 0 fully saturated rings. The summed E-state index contributed by atoms with van der Waals surface area (Å²) in [5.74, 6) is -0.496. The Bertz CT molecular complexity index is 2110. The molecule has 0 aliphatic carbocycles. The van der Waals surface area contributed by atoms with Crippen LogP contribution in [-0.2, 0) is 19.5 Å². The first-order valence-corrected chi connectivity index (χ1v) is 21.0. The molecular formula is C42H47ClN6O4SSi. The summed E-state index contributed by atoms with van der Waals surface area (Å²) in [7, 11) is 0.202. The fourth-order valence-electron chi connectivity index (χ4n) is 6.66. The number of amides is 3. The number of aliphatic hydroxyl groups excluding tert-OH is 1. The second-order valence-electron chi connectivity index (χ2n) is 13.8. The van der Waals surface area contributed by atoms with Gasteiger partial charge >= 0.3 is 0 Å². The average Bonchev–Trinajstić information content (AvgIpc) is 3.84. The summed E-state index contributed by atoms with van der Waals surface area (Å²) >= 11 is 7.56. The minimum atomic E-state index is -0.389. The molecule has 0 unspecified atom stereocenters. The van der Waals surface area contributed by atoms with Crippen LogP contribution in [-0.4, -0.2) is 77.8 Å². The fraction of sp³-hybridized carbons (Fsp3) is 0.333. The fourth-order valence-corrected chi connectivity index (χ4v) is 8.82. The SMILES string of the molecule is CCCCN(CCCC)C(=O)c1cc(C)n(-c2ccc(N[Si]c3ccc(CNC(=O)c4ccc(Cl)cc4)s3)cc2C(=O)N2Cc3ccccc3C[C@H]2CO)n1. The molecule has 2 aromatic heterocycles. The molecule has 5 aromatic rings. The Hall–Kier alpha value is -4.75. The normalized spacial score (nSPS) is 13.7. The monoisotopic (exact) mass is 794 g/mol. The van der Waals surface area contributed by atoms with Crippen LogP contribution in [0.5, 0.6) is 0 Å². The summed E-state index contributed by atoms with van der Waals surface area (Å²) in [6.07, 6.45) is 4.37. The molecular weight excluding hydrogens is 748 g/mol. The van der Waals surface area contributed by atoms with Gasteiger partial charge in [-0.3, -0.25) is 14.4 Å². The van der Waals surface area contributed by atoms with Gasteiger partial charge in [0.15, 0.2) is 5.69 Å². The van der Waals surface area contributed by atoms with Gasteiger partial charge in [0, 0.05) is 51.0 Å². The molecule has 3 amide bonds. The molecule has 3 N–H and O–H groups in total. The van der Waals surface area contributed by atoms with E-state index in [1.165, 1.54) is 0 Å². The van der Waals surface area contributed by atoms with Crippen LogP contribution >= 0.6 is 22.9 Å². The minimum absolute atomic E-state index is 0.107. The summed E-state index contributed by atoms with van der Waals surface area (Å²) in [6, 6.07) is 25.9. The highest BCUT2D eigenvalue weighted by molar-refractivity contribution is 7.21. The van der Waals surface area contributed by atoms with Crippen molar-refractivity contribution in [1.82, 2.24) is 24.9 Å². The number of hydrogen-bond acceptors (Lipinski definition) is 7. The first-order valence-electron chi connectivity index (χ1n) is 18.8. The molecule has 3 heterocycles. The van der Waals surface area contributed by atoms with Crippen LogP contribution in [0.1, 0.15) is 92.4 Å². The van der Waals surface area contributed by atoms with Crippen molar-refractivity contribution in [2.24, 2.45) is 0 Å². The van der Waals surface area contributed by atoms with Crippen molar-refractivity contribution >= 4 is 60.5 Å². The number of anilines is 1. The Morgan fingerprint density at radius 2 is 1.69 bits per heavy atom. The molecule has 2 radical (unpaired) electrons. The van der Waals surface area contributed by atoms with Crippen LogP contribution in [0.15, 0.2) is 84.9 Å². The molecule has 0 spiro atoms. The van der Waals surface area contributed by atoms with E-state index in [0.717, 1.165) is 57.6 Å². The first-order chi connectivity index (χ1) is 26.7. The first kappa shape index (κ1) is 39.9. The Labute approximate surface area is 334 Å². The lowest BCUT2D eigenvalue weighted by atomic mass is 9.93. The summed E-state index contributed by atoms with van der Waals surface area (Å²) in [5, 5.41) is 18.8. The van der Waals surface area contributed by atoms with Gasteiger partial charge in [-0.1, -0.05) is 68.6 Å². The number of aliphatic hydroxyl groups is 1. The smallest absolute Gasteiger partial charge is 0.274 e. The van der Waals surface area contributed by atoms with Gasteiger partial charge in [0.05, 0.1) is 30.4 Å². The van der Waals surface area contributed by atoms with Crippen molar-refractivity contribution in [3.63, 3.8) is 0 Å². The molecule has 0 saturated carbocycles. The van der Waals surface area contributed by atoms with Gasteiger partial charge in [-0.2, -0.15) is 5.10 Å². The number of aryl methyl sites for hydroxylation is 1. The van der Waals surface area contributed by atoms with Gasteiger partial charge in [0.1, 0.15) is 0 Å². The molecule has 10 nitrogen and oxygen atoms in total. The number of carbonyl (C=O) groups is 3. The summed E-state index contributed by atoms with van der Waals surface area (Å²) in [4.78, 5) is 49.2. The highest BCUT2D eigenvalue weighted by Crippen LogP contribution is 2.29. The van der Waals surface area contributed by atoms with Gasteiger partial charge in [-0.05, 0) is 91.9 Å². The maximum atomic E-state index is 14.7. The Morgan fingerprint density at radius 1 is 0.964 bits per heavy atom. The number of carbonyl (C=O) groups excluding carboxylic acids is 3. The number of halogens is 1. The van der Waals surface area contributed by atoms with E-state index < -0.39 is 0 Å². The lowest BCUT2D eigenvalue weighted by molar-refractivity contribution is 0.0544. The number of benzene rings is 3. The highest BCUT2D eigenvalue weighted by atomic mass is 35.5. The number of unbranched alkanes of at least 4 members (excludes halogenated alkanes) is 2. The molecule has 55 heavy (non-hydrogen) atoms. The predicted octanol–water partition coefficient (Wildman–Crippen LogP) is 6.78. The zero-order valence-corrected chi connectivity index (χ0v) is 34.1. The number of fused-ring (bicyclic) bond motifs is 1. The minimum Gasteiger partial charge on any atom is -0.407 e. The zero-order valence-electron chi connectivity index (χ0n) is 31.5. The van der Waals surface area contributed by atoms with Crippen LogP contribution in [0, 0.1) is 6.92 Å². The lowest BCUT2D eigenvalue weighted by Crippen LogP contribution is -2.46.